The molecule has 0 aromatic carbocycles. The zero-order valence-corrected chi connectivity index (χ0v) is 14.5. The first kappa shape index (κ1) is 17.0. The first-order valence-corrected chi connectivity index (χ1v) is 8.97. The van der Waals surface area contributed by atoms with Crippen LogP contribution in [0.4, 0.5) is 0 Å². The molecule has 0 saturated heterocycles. The van der Waals surface area contributed by atoms with Gasteiger partial charge in [0.25, 0.3) is 5.56 Å². The highest BCUT2D eigenvalue weighted by Gasteiger charge is 2.15. The first-order valence-electron chi connectivity index (χ1n) is 6.93. The molecule has 1 N–H and O–H groups in total. The lowest BCUT2D eigenvalue weighted by Crippen LogP contribution is -2.34. The van der Waals surface area contributed by atoms with Crippen molar-refractivity contribution in [3.05, 3.63) is 21.3 Å². The smallest absolute Gasteiger partial charge is 0.263 e. The van der Waals surface area contributed by atoms with Gasteiger partial charge in [-0.1, -0.05) is 18.7 Å². The SMILES string of the molecule is CCc1cc2c(=O)n(CC(=O)NCCOC)c(SC)nc2s1. The van der Waals surface area contributed by atoms with Crippen molar-refractivity contribution in [2.45, 2.75) is 25.0 Å². The predicted octanol–water partition coefficient (Wildman–Crippen LogP) is 1.50. The van der Waals surface area contributed by atoms with E-state index < -0.39 is 0 Å². The lowest BCUT2D eigenvalue weighted by atomic mass is 10.3. The van der Waals surface area contributed by atoms with Crippen LogP contribution in [0.25, 0.3) is 10.2 Å². The summed E-state index contributed by atoms with van der Waals surface area (Å²) in [4.78, 5) is 30.9. The third-order valence-electron chi connectivity index (χ3n) is 3.13. The summed E-state index contributed by atoms with van der Waals surface area (Å²) in [7, 11) is 1.57. The number of nitrogens with zero attached hydrogens (tertiary/aromatic N) is 2. The van der Waals surface area contributed by atoms with Gasteiger partial charge in [-0.2, -0.15) is 0 Å². The topological polar surface area (TPSA) is 73.2 Å². The van der Waals surface area contributed by atoms with Crippen molar-refractivity contribution < 1.29 is 9.53 Å². The largest absolute Gasteiger partial charge is 0.383 e. The van der Waals surface area contributed by atoms with E-state index in [1.165, 1.54) is 27.7 Å². The Morgan fingerprint density at radius 2 is 2.32 bits per heavy atom. The molecule has 22 heavy (non-hydrogen) atoms. The van der Waals surface area contributed by atoms with E-state index in [0.717, 1.165) is 16.1 Å². The van der Waals surface area contributed by atoms with Gasteiger partial charge in [0.15, 0.2) is 5.16 Å². The molecule has 2 aromatic heterocycles. The Hall–Kier alpha value is -1.38. The Morgan fingerprint density at radius 3 is 2.95 bits per heavy atom. The van der Waals surface area contributed by atoms with Gasteiger partial charge in [0, 0.05) is 18.5 Å². The summed E-state index contributed by atoms with van der Waals surface area (Å²) in [5.74, 6) is -0.221. The molecule has 2 heterocycles. The van der Waals surface area contributed by atoms with Gasteiger partial charge in [0.2, 0.25) is 5.91 Å². The third kappa shape index (κ3) is 3.68. The number of aromatic nitrogens is 2. The number of nitrogens with one attached hydrogen (secondary N) is 1. The van der Waals surface area contributed by atoms with Crippen molar-refractivity contribution in [3.8, 4) is 0 Å². The van der Waals surface area contributed by atoms with Crippen LogP contribution in [0.1, 0.15) is 11.8 Å². The minimum Gasteiger partial charge on any atom is -0.383 e. The van der Waals surface area contributed by atoms with Gasteiger partial charge in [-0.15, -0.1) is 11.3 Å². The molecule has 0 saturated carbocycles. The van der Waals surface area contributed by atoms with Crippen LogP contribution in [0, 0.1) is 0 Å². The summed E-state index contributed by atoms with van der Waals surface area (Å²) in [6.07, 6.45) is 2.72. The van der Waals surface area contributed by atoms with Crippen LogP contribution in [0.3, 0.4) is 0 Å². The van der Waals surface area contributed by atoms with Crippen molar-refractivity contribution in [2.24, 2.45) is 0 Å². The van der Waals surface area contributed by atoms with E-state index in [1.807, 2.05) is 19.2 Å². The number of carbonyl (C=O) groups excluding carboxylic acids is 1. The Balaban J connectivity index is 2.33. The zero-order valence-electron chi connectivity index (χ0n) is 12.8. The number of amides is 1. The molecule has 0 unspecified atom stereocenters. The van der Waals surface area contributed by atoms with Gasteiger partial charge in [0.05, 0.1) is 12.0 Å². The number of thiophene rings is 1. The molecule has 0 atom stereocenters. The maximum atomic E-state index is 12.6. The Labute approximate surface area is 136 Å². The number of hydrogen-bond acceptors (Lipinski definition) is 6. The first-order chi connectivity index (χ1) is 10.6. The van der Waals surface area contributed by atoms with Gasteiger partial charge in [-0.25, -0.2) is 4.98 Å². The molecule has 6 nitrogen and oxygen atoms in total. The van der Waals surface area contributed by atoms with Crippen LogP contribution in [0.2, 0.25) is 0 Å². The van der Waals surface area contributed by atoms with E-state index in [2.05, 4.69) is 10.3 Å². The summed E-state index contributed by atoms with van der Waals surface area (Å²) in [5, 5.41) is 3.86. The van der Waals surface area contributed by atoms with Gasteiger partial charge < -0.3 is 10.1 Å². The van der Waals surface area contributed by atoms with Crippen molar-refractivity contribution >= 4 is 39.2 Å². The molecule has 0 bridgehead atoms. The minimum atomic E-state index is -0.221. The van der Waals surface area contributed by atoms with Crippen LogP contribution < -0.4 is 10.9 Å². The average molecular weight is 341 g/mol. The van der Waals surface area contributed by atoms with E-state index in [1.54, 1.807) is 7.11 Å². The van der Waals surface area contributed by atoms with Gasteiger partial charge in [-0.3, -0.25) is 14.2 Å². The Bertz CT molecular complexity index is 724. The van der Waals surface area contributed by atoms with Crippen molar-refractivity contribution in [1.29, 1.82) is 0 Å². The molecule has 0 aliphatic carbocycles. The minimum absolute atomic E-state index is 0.0288. The third-order valence-corrected chi connectivity index (χ3v) is 4.98. The highest BCUT2D eigenvalue weighted by Crippen LogP contribution is 2.24. The normalized spacial score (nSPS) is 11.0. The standard InChI is InChI=1S/C14H19N3O3S2/c1-4-9-7-10-12(22-9)16-14(21-3)17(13(10)19)8-11(18)15-5-6-20-2/h7H,4-6,8H2,1-3H3,(H,15,18). The van der Waals surface area contributed by atoms with E-state index in [0.29, 0.717) is 23.7 Å². The van der Waals surface area contributed by atoms with Gasteiger partial charge >= 0.3 is 0 Å². The van der Waals surface area contributed by atoms with E-state index in [-0.39, 0.29) is 18.0 Å². The maximum Gasteiger partial charge on any atom is 0.263 e. The quantitative estimate of drug-likeness (QED) is 0.469. The molecule has 2 rings (SSSR count). The number of fused-ring (bicyclic) bond motifs is 1. The van der Waals surface area contributed by atoms with Crippen LogP contribution >= 0.6 is 23.1 Å². The summed E-state index contributed by atoms with van der Waals surface area (Å²) in [6, 6.07) is 1.87. The van der Waals surface area contributed by atoms with E-state index >= 15 is 0 Å². The monoisotopic (exact) mass is 341 g/mol. The molecule has 0 aliphatic heterocycles. The molecule has 1 amide bonds. The summed E-state index contributed by atoms with van der Waals surface area (Å²) in [5.41, 5.74) is -0.160. The van der Waals surface area contributed by atoms with Crippen LogP contribution in [0.5, 0.6) is 0 Å². The summed E-state index contributed by atoms with van der Waals surface area (Å²) in [6.45, 7) is 2.88. The average Bonchev–Trinajstić information content (AvgIpc) is 2.93. The lowest BCUT2D eigenvalue weighted by Gasteiger charge is -2.10. The number of thioether (sulfide) groups is 1. The van der Waals surface area contributed by atoms with Crippen molar-refractivity contribution in [2.75, 3.05) is 26.5 Å². The fourth-order valence-electron chi connectivity index (χ4n) is 2.01. The van der Waals surface area contributed by atoms with Gasteiger partial charge in [-0.05, 0) is 18.7 Å². The number of carbonyl (C=O) groups is 1. The highest BCUT2D eigenvalue weighted by molar-refractivity contribution is 7.98. The molecule has 0 aliphatic rings. The molecule has 2 aromatic rings. The Kier molecular flexibility index (Phi) is 5.98. The van der Waals surface area contributed by atoms with Gasteiger partial charge in [0.1, 0.15) is 11.4 Å². The number of hydrogen-bond donors (Lipinski definition) is 1. The van der Waals surface area contributed by atoms with Crippen LogP contribution in [-0.4, -0.2) is 42.0 Å². The highest BCUT2D eigenvalue weighted by atomic mass is 32.2. The predicted molar refractivity (Wildman–Crippen MR) is 89.9 cm³/mol. The van der Waals surface area contributed by atoms with Crippen molar-refractivity contribution in [3.63, 3.8) is 0 Å². The van der Waals surface area contributed by atoms with E-state index in [4.69, 9.17) is 4.74 Å². The van der Waals surface area contributed by atoms with Crippen molar-refractivity contribution in [1.82, 2.24) is 14.9 Å². The van der Waals surface area contributed by atoms with Crippen LogP contribution in [0.15, 0.2) is 16.0 Å². The van der Waals surface area contributed by atoms with E-state index in [9.17, 15) is 9.59 Å². The second-order valence-corrected chi connectivity index (χ2v) is 6.51. The zero-order chi connectivity index (χ0) is 16.1. The summed E-state index contributed by atoms with van der Waals surface area (Å²) >= 11 is 2.90. The molecular weight excluding hydrogens is 322 g/mol. The Morgan fingerprint density at radius 1 is 1.55 bits per heavy atom. The molecule has 0 fully saturated rings. The number of aryl methyl sites for hydroxylation is 1. The molecule has 8 heteroatoms. The second kappa shape index (κ2) is 7.75. The fraction of sp³-hybridized carbons (Fsp3) is 0.500. The van der Waals surface area contributed by atoms with Crippen LogP contribution in [-0.2, 0) is 22.5 Å². The number of rotatable bonds is 7. The molecule has 0 spiro atoms. The number of methoxy groups -OCH3 is 1. The second-order valence-electron chi connectivity index (χ2n) is 4.62. The summed E-state index contributed by atoms with van der Waals surface area (Å²) < 4.78 is 6.32. The molecular formula is C14H19N3O3S2. The molecule has 120 valence electrons. The maximum absolute atomic E-state index is 12.6. The lowest BCUT2D eigenvalue weighted by molar-refractivity contribution is -0.122. The number of ether oxygens (including phenoxy) is 1. The fourth-order valence-corrected chi connectivity index (χ4v) is 3.57. The molecule has 0 radical (unpaired) electrons.